The summed E-state index contributed by atoms with van der Waals surface area (Å²) in [5.41, 5.74) is 4.59. The van der Waals surface area contributed by atoms with Crippen LogP contribution in [0.25, 0.3) is 0 Å². The van der Waals surface area contributed by atoms with Crippen molar-refractivity contribution in [3.8, 4) is 11.6 Å². The van der Waals surface area contributed by atoms with Crippen LogP contribution in [-0.4, -0.2) is 34.7 Å². The minimum absolute atomic E-state index is 0.420. The third-order valence-corrected chi connectivity index (χ3v) is 10.1. The summed E-state index contributed by atoms with van der Waals surface area (Å²) in [5, 5.41) is 10.0. The molecular formula is C31H44N2O2. The second-order valence-electron chi connectivity index (χ2n) is 11.8. The van der Waals surface area contributed by atoms with Gasteiger partial charge in [-0.25, -0.2) is 4.98 Å². The average molecular weight is 477 g/mol. The van der Waals surface area contributed by atoms with Crippen LogP contribution >= 0.6 is 0 Å². The van der Waals surface area contributed by atoms with Crippen LogP contribution in [0.3, 0.4) is 0 Å². The normalized spacial score (nSPS) is 31.6. The zero-order valence-electron chi connectivity index (χ0n) is 22.2. The highest BCUT2D eigenvalue weighted by Gasteiger charge is 2.55. The van der Waals surface area contributed by atoms with Crippen LogP contribution in [0.15, 0.2) is 36.5 Å². The predicted octanol–water partition coefficient (Wildman–Crippen LogP) is 6.82. The molecule has 2 aromatic rings. The van der Waals surface area contributed by atoms with Crippen molar-refractivity contribution in [3.05, 3.63) is 53.2 Å². The number of aromatic nitrogens is 1. The molecule has 3 aliphatic carbocycles. The number of fused-ring (bicyclic) bond motifs is 5. The van der Waals surface area contributed by atoms with E-state index < -0.39 is 0 Å². The molecule has 1 aromatic heterocycles. The van der Waals surface area contributed by atoms with E-state index in [0.29, 0.717) is 23.0 Å². The summed E-state index contributed by atoms with van der Waals surface area (Å²) in [4.78, 5) is 6.99. The maximum Gasteiger partial charge on any atom is 0.213 e. The molecule has 0 radical (unpaired) electrons. The Kier molecular flexibility index (Phi) is 7.12. The number of hydrogen-bond acceptors (Lipinski definition) is 4. The smallest absolute Gasteiger partial charge is 0.213 e. The molecule has 35 heavy (non-hydrogen) atoms. The van der Waals surface area contributed by atoms with Gasteiger partial charge in [0, 0.05) is 18.8 Å². The van der Waals surface area contributed by atoms with Crippen molar-refractivity contribution in [2.24, 2.45) is 29.1 Å². The summed E-state index contributed by atoms with van der Waals surface area (Å²) >= 11 is 0. The lowest BCUT2D eigenvalue weighted by atomic mass is 9.51. The van der Waals surface area contributed by atoms with E-state index >= 15 is 0 Å². The van der Waals surface area contributed by atoms with Crippen molar-refractivity contribution in [3.63, 3.8) is 0 Å². The number of rotatable bonds is 8. The van der Waals surface area contributed by atoms with E-state index in [1.54, 1.807) is 0 Å². The van der Waals surface area contributed by atoms with E-state index in [-0.39, 0.29) is 0 Å². The fraction of sp³-hybridized carbons (Fsp3) is 0.645. The first-order chi connectivity index (χ1) is 16.9. The van der Waals surface area contributed by atoms with Gasteiger partial charge in [-0.2, -0.15) is 0 Å². The van der Waals surface area contributed by atoms with Gasteiger partial charge in [0.1, 0.15) is 5.75 Å². The lowest BCUT2D eigenvalue weighted by Crippen LogP contribution is -2.45. The molecule has 4 unspecified atom stereocenters. The van der Waals surface area contributed by atoms with E-state index in [2.05, 4.69) is 49.7 Å². The third-order valence-electron chi connectivity index (χ3n) is 10.1. The molecule has 0 spiro atoms. The number of benzene rings is 1. The monoisotopic (exact) mass is 476 g/mol. The largest absolute Gasteiger partial charge is 0.508 e. The zero-order chi connectivity index (χ0) is 24.6. The first-order valence-corrected chi connectivity index (χ1v) is 14.0. The summed E-state index contributed by atoms with van der Waals surface area (Å²) in [6.45, 7) is 13.3. The maximum absolute atomic E-state index is 10.0. The summed E-state index contributed by atoms with van der Waals surface area (Å²) < 4.78 is 6.14. The maximum atomic E-state index is 10.0. The van der Waals surface area contributed by atoms with Gasteiger partial charge in [0.25, 0.3) is 0 Å². The Labute approximate surface area is 212 Å². The fourth-order valence-corrected chi connectivity index (χ4v) is 8.15. The Morgan fingerprint density at radius 2 is 1.94 bits per heavy atom. The molecule has 4 heteroatoms. The molecule has 0 bridgehead atoms. The van der Waals surface area contributed by atoms with Crippen molar-refractivity contribution < 1.29 is 9.84 Å². The lowest BCUT2D eigenvalue weighted by molar-refractivity contribution is 0.000805. The standard InChI is InChI=1S/C31H44N2O2/c1-5-33(6-2)20-22-7-12-29(32-19-22)35-16-14-24-8-11-28-30-21(3)17-23-18-25(34)9-10-26(23)27(30)13-15-31(24,28)4/h7,9-10,12,18-19,21,24,27-28,30,34H,5-6,8,11,13-17,20H2,1-4H3/t21-,24-,27?,28?,30?,31?/m1/s1. The molecule has 2 fully saturated rings. The minimum Gasteiger partial charge on any atom is -0.508 e. The Morgan fingerprint density at radius 1 is 1.11 bits per heavy atom. The van der Waals surface area contributed by atoms with Gasteiger partial charge in [0.2, 0.25) is 5.88 Å². The van der Waals surface area contributed by atoms with Crippen LogP contribution in [0.2, 0.25) is 0 Å². The second-order valence-corrected chi connectivity index (χ2v) is 11.8. The lowest BCUT2D eigenvalue weighted by Gasteiger charge is -2.53. The molecule has 4 nitrogen and oxygen atoms in total. The van der Waals surface area contributed by atoms with Crippen molar-refractivity contribution >= 4 is 0 Å². The second kappa shape index (κ2) is 10.1. The van der Waals surface area contributed by atoms with E-state index in [9.17, 15) is 5.11 Å². The van der Waals surface area contributed by atoms with Crippen molar-refractivity contribution in [1.82, 2.24) is 9.88 Å². The van der Waals surface area contributed by atoms with Gasteiger partial charge in [-0.1, -0.05) is 39.8 Å². The molecule has 6 atom stereocenters. The average Bonchev–Trinajstić information content (AvgIpc) is 3.19. The Balaban J connectivity index is 1.20. The fourth-order valence-electron chi connectivity index (χ4n) is 8.15. The van der Waals surface area contributed by atoms with Gasteiger partial charge in [0.05, 0.1) is 6.61 Å². The van der Waals surface area contributed by atoms with E-state index in [1.807, 2.05) is 24.4 Å². The molecule has 190 valence electrons. The van der Waals surface area contributed by atoms with Gasteiger partial charge in [-0.05, 0) is 115 Å². The van der Waals surface area contributed by atoms with Crippen LogP contribution in [0.1, 0.15) is 82.4 Å². The van der Waals surface area contributed by atoms with Crippen molar-refractivity contribution in [2.75, 3.05) is 19.7 Å². The zero-order valence-corrected chi connectivity index (χ0v) is 22.2. The van der Waals surface area contributed by atoms with Crippen molar-refractivity contribution in [2.45, 2.75) is 78.7 Å². The molecular weight excluding hydrogens is 432 g/mol. The molecule has 1 aromatic carbocycles. The molecule has 1 heterocycles. The third kappa shape index (κ3) is 4.71. The topological polar surface area (TPSA) is 45.6 Å². The summed E-state index contributed by atoms with van der Waals surface area (Å²) in [5.74, 6) is 4.86. The number of phenols is 1. The van der Waals surface area contributed by atoms with Gasteiger partial charge >= 0.3 is 0 Å². The predicted molar refractivity (Wildman–Crippen MR) is 142 cm³/mol. The number of ether oxygens (including phenoxy) is 1. The van der Waals surface area contributed by atoms with Crippen LogP contribution in [0.5, 0.6) is 11.6 Å². The molecule has 1 N–H and O–H groups in total. The highest BCUT2D eigenvalue weighted by molar-refractivity contribution is 5.40. The first-order valence-electron chi connectivity index (χ1n) is 14.0. The van der Waals surface area contributed by atoms with Crippen LogP contribution < -0.4 is 4.74 Å². The SMILES string of the molecule is CCN(CC)Cc1ccc(OCC[C@H]2CCC3C4C(CCC32C)c2ccc(O)cc2C[C@H]4C)nc1. The number of pyridine rings is 1. The minimum atomic E-state index is 0.420. The van der Waals surface area contributed by atoms with E-state index in [1.165, 1.54) is 42.4 Å². The number of nitrogens with zero attached hydrogens (tertiary/aromatic N) is 2. The number of aromatic hydroxyl groups is 1. The highest BCUT2D eigenvalue weighted by atomic mass is 16.5. The van der Waals surface area contributed by atoms with Gasteiger partial charge in [-0.3, -0.25) is 4.90 Å². The number of hydrogen-bond donors (Lipinski definition) is 1. The Morgan fingerprint density at radius 3 is 2.69 bits per heavy atom. The molecule has 2 saturated carbocycles. The Bertz CT molecular complexity index is 1000. The summed E-state index contributed by atoms with van der Waals surface area (Å²) in [6.07, 6.45) is 9.51. The molecule has 3 aliphatic rings. The quantitative estimate of drug-likeness (QED) is 0.454. The summed E-state index contributed by atoms with van der Waals surface area (Å²) in [7, 11) is 0. The van der Waals surface area contributed by atoms with Crippen LogP contribution in [0.4, 0.5) is 0 Å². The molecule has 0 amide bonds. The van der Waals surface area contributed by atoms with Gasteiger partial charge in [0.15, 0.2) is 0 Å². The Hall–Kier alpha value is -2.07. The summed E-state index contributed by atoms with van der Waals surface area (Å²) in [6, 6.07) is 10.4. The van der Waals surface area contributed by atoms with Crippen molar-refractivity contribution in [1.29, 1.82) is 0 Å². The highest BCUT2D eigenvalue weighted by Crippen LogP contribution is 2.64. The molecule has 0 aliphatic heterocycles. The van der Waals surface area contributed by atoms with E-state index in [0.717, 1.165) is 62.7 Å². The molecule has 0 saturated heterocycles. The van der Waals surface area contributed by atoms with Crippen LogP contribution in [0, 0.1) is 29.1 Å². The molecule has 5 rings (SSSR count). The van der Waals surface area contributed by atoms with E-state index in [4.69, 9.17) is 4.74 Å². The van der Waals surface area contributed by atoms with Crippen LogP contribution in [-0.2, 0) is 13.0 Å². The number of phenolic OH excluding ortho intramolecular Hbond substituents is 1. The van der Waals surface area contributed by atoms with Gasteiger partial charge in [-0.15, -0.1) is 0 Å². The first kappa shape index (κ1) is 24.6. The van der Waals surface area contributed by atoms with Gasteiger partial charge < -0.3 is 9.84 Å².